The Morgan fingerprint density at radius 1 is 1.03 bits per heavy atom. The van der Waals surface area contributed by atoms with Crippen LogP contribution >= 0.6 is 11.3 Å². The Morgan fingerprint density at radius 3 is 2.45 bits per heavy atom. The maximum absolute atomic E-state index is 13.0. The standard InChI is InChI=1S/C26H29N3OS/c1-4-14-28(16-20-10-12-21(13-11-20)19(2)3)17-23-15-25(30)29-24(18-31-26(29)27-23)22-8-6-5-7-9-22/h5-13,15,18-19H,4,14,16-17H2,1-3H3. The molecule has 4 rings (SSSR count). The highest BCUT2D eigenvalue weighted by Gasteiger charge is 2.13. The third-order valence-corrected chi connectivity index (χ3v) is 6.33. The van der Waals surface area contributed by atoms with Gasteiger partial charge in [0.05, 0.1) is 11.4 Å². The number of fused-ring (bicyclic) bond motifs is 1. The molecule has 0 fully saturated rings. The van der Waals surface area contributed by atoms with Crippen molar-refractivity contribution in [2.24, 2.45) is 0 Å². The van der Waals surface area contributed by atoms with Crippen LogP contribution in [0.1, 0.15) is 49.9 Å². The predicted octanol–water partition coefficient (Wildman–Crippen LogP) is 5.96. The van der Waals surface area contributed by atoms with Crippen LogP contribution in [0, 0.1) is 0 Å². The van der Waals surface area contributed by atoms with Crippen molar-refractivity contribution in [1.82, 2.24) is 14.3 Å². The Morgan fingerprint density at radius 2 is 1.77 bits per heavy atom. The molecule has 160 valence electrons. The first-order valence-electron chi connectivity index (χ1n) is 10.9. The SMILES string of the molecule is CCCN(Cc1ccc(C(C)C)cc1)Cc1cc(=O)n2c(-c3ccccc3)csc2n1. The smallest absolute Gasteiger partial charge is 0.259 e. The minimum atomic E-state index is -0.0159. The minimum absolute atomic E-state index is 0.0159. The van der Waals surface area contributed by atoms with E-state index in [0.717, 1.165) is 41.4 Å². The summed E-state index contributed by atoms with van der Waals surface area (Å²) in [4.78, 5) is 20.9. The van der Waals surface area contributed by atoms with Gasteiger partial charge < -0.3 is 0 Å². The normalized spacial score (nSPS) is 11.6. The maximum atomic E-state index is 13.0. The van der Waals surface area contributed by atoms with Crippen LogP contribution in [0.25, 0.3) is 16.2 Å². The summed E-state index contributed by atoms with van der Waals surface area (Å²) in [6.07, 6.45) is 1.06. The fraction of sp³-hybridized carbons (Fsp3) is 0.308. The number of hydrogen-bond donors (Lipinski definition) is 0. The molecule has 0 aliphatic carbocycles. The summed E-state index contributed by atoms with van der Waals surface area (Å²) in [5, 5.41) is 2.02. The molecule has 0 N–H and O–H groups in total. The summed E-state index contributed by atoms with van der Waals surface area (Å²) in [5.74, 6) is 0.538. The first kappa shape index (κ1) is 21.5. The van der Waals surface area contributed by atoms with Gasteiger partial charge in [-0.3, -0.25) is 14.1 Å². The van der Waals surface area contributed by atoms with E-state index in [1.165, 1.54) is 22.5 Å². The monoisotopic (exact) mass is 431 g/mol. The van der Waals surface area contributed by atoms with E-state index in [4.69, 9.17) is 4.98 Å². The van der Waals surface area contributed by atoms with Crippen molar-refractivity contribution in [2.75, 3.05) is 6.54 Å². The van der Waals surface area contributed by atoms with E-state index >= 15 is 0 Å². The molecule has 2 aromatic carbocycles. The van der Waals surface area contributed by atoms with Crippen molar-refractivity contribution < 1.29 is 0 Å². The second kappa shape index (κ2) is 9.58. The highest BCUT2D eigenvalue weighted by atomic mass is 32.1. The molecule has 0 saturated carbocycles. The molecular formula is C26H29N3OS. The van der Waals surface area contributed by atoms with Crippen molar-refractivity contribution in [1.29, 1.82) is 0 Å². The van der Waals surface area contributed by atoms with Crippen LogP contribution in [-0.4, -0.2) is 20.8 Å². The summed E-state index contributed by atoms with van der Waals surface area (Å²) in [7, 11) is 0. The van der Waals surface area contributed by atoms with E-state index in [9.17, 15) is 4.79 Å². The highest BCUT2D eigenvalue weighted by molar-refractivity contribution is 7.15. The molecular weight excluding hydrogens is 402 g/mol. The van der Waals surface area contributed by atoms with Crippen molar-refractivity contribution in [3.05, 3.63) is 93.2 Å². The first-order valence-corrected chi connectivity index (χ1v) is 11.8. The minimum Gasteiger partial charge on any atom is -0.293 e. The largest absolute Gasteiger partial charge is 0.293 e. The number of nitrogens with zero attached hydrogens (tertiary/aromatic N) is 3. The first-order chi connectivity index (χ1) is 15.0. The maximum Gasteiger partial charge on any atom is 0.259 e. The van der Waals surface area contributed by atoms with Crippen molar-refractivity contribution >= 4 is 16.3 Å². The highest BCUT2D eigenvalue weighted by Crippen LogP contribution is 2.24. The van der Waals surface area contributed by atoms with Crippen LogP contribution in [0.2, 0.25) is 0 Å². The molecule has 2 aromatic heterocycles. The quantitative estimate of drug-likeness (QED) is 0.345. The van der Waals surface area contributed by atoms with Gasteiger partial charge in [-0.2, -0.15) is 0 Å². The zero-order valence-electron chi connectivity index (χ0n) is 18.4. The van der Waals surface area contributed by atoms with Crippen LogP contribution in [-0.2, 0) is 13.1 Å². The molecule has 4 aromatic rings. The number of benzene rings is 2. The van der Waals surface area contributed by atoms with Gasteiger partial charge in [-0.1, -0.05) is 75.4 Å². The second-order valence-corrected chi connectivity index (χ2v) is 9.13. The van der Waals surface area contributed by atoms with E-state index in [1.807, 2.05) is 35.7 Å². The average Bonchev–Trinajstić information content (AvgIpc) is 3.19. The van der Waals surface area contributed by atoms with Crippen LogP contribution in [0.4, 0.5) is 0 Å². The zero-order valence-corrected chi connectivity index (χ0v) is 19.2. The number of hydrogen-bond acceptors (Lipinski definition) is 4. The lowest BCUT2D eigenvalue weighted by atomic mass is 10.0. The topological polar surface area (TPSA) is 37.6 Å². The van der Waals surface area contributed by atoms with Gasteiger partial charge >= 0.3 is 0 Å². The molecule has 31 heavy (non-hydrogen) atoms. The molecule has 0 unspecified atom stereocenters. The number of aromatic nitrogens is 2. The van der Waals surface area contributed by atoms with Gasteiger partial charge in [0.25, 0.3) is 5.56 Å². The molecule has 0 atom stereocenters. The third kappa shape index (κ3) is 4.94. The Bertz CT molecular complexity index is 1190. The Kier molecular flexibility index (Phi) is 6.64. The summed E-state index contributed by atoms with van der Waals surface area (Å²) in [6, 6.07) is 20.6. The van der Waals surface area contributed by atoms with Gasteiger partial charge in [0, 0.05) is 24.5 Å². The van der Waals surface area contributed by atoms with E-state index in [1.54, 1.807) is 10.5 Å². The molecule has 5 heteroatoms. The van der Waals surface area contributed by atoms with Crippen molar-refractivity contribution in [2.45, 2.75) is 46.2 Å². The van der Waals surface area contributed by atoms with Gasteiger partial charge in [-0.25, -0.2) is 4.98 Å². The van der Waals surface area contributed by atoms with E-state index in [-0.39, 0.29) is 5.56 Å². The molecule has 4 nitrogen and oxygen atoms in total. The third-order valence-electron chi connectivity index (χ3n) is 5.51. The summed E-state index contributed by atoms with van der Waals surface area (Å²) in [6.45, 7) is 9.11. The van der Waals surface area contributed by atoms with Crippen LogP contribution in [0.3, 0.4) is 0 Å². The second-order valence-electron chi connectivity index (χ2n) is 8.30. The summed E-state index contributed by atoms with van der Waals surface area (Å²) >= 11 is 1.52. The van der Waals surface area contributed by atoms with E-state index in [2.05, 4.69) is 49.9 Å². The summed E-state index contributed by atoms with van der Waals surface area (Å²) in [5.41, 5.74) is 5.40. The Labute approximate surface area is 187 Å². The molecule has 0 aliphatic rings. The van der Waals surface area contributed by atoms with Crippen molar-refractivity contribution in [3.8, 4) is 11.3 Å². The number of thiazole rings is 1. The van der Waals surface area contributed by atoms with Gasteiger partial charge in [0.15, 0.2) is 4.96 Å². The van der Waals surface area contributed by atoms with Crippen LogP contribution in [0.5, 0.6) is 0 Å². The Balaban J connectivity index is 1.57. The lowest BCUT2D eigenvalue weighted by molar-refractivity contribution is 0.254. The zero-order chi connectivity index (χ0) is 21.8. The molecule has 0 amide bonds. The van der Waals surface area contributed by atoms with Crippen molar-refractivity contribution in [3.63, 3.8) is 0 Å². The fourth-order valence-electron chi connectivity index (χ4n) is 3.88. The molecule has 0 saturated heterocycles. The van der Waals surface area contributed by atoms with Gasteiger partial charge in [-0.15, -0.1) is 11.3 Å². The molecule has 2 heterocycles. The molecule has 0 bridgehead atoms. The summed E-state index contributed by atoms with van der Waals surface area (Å²) < 4.78 is 1.72. The molecule has 0 radical (unpaired) electrons. The van der Waals surface area contributed by atoms with E-state index in [0.29, 0.717) is 12.5 Å². The lowest BCUT2D eigenvalue weighted by Gasteiger charge is -2.21. The van der Waals surface area contributed by atoms with Crippen LogP contribution in [0.15, 0.2) is 70.8 Å². The van der Waals surface area contributed by atoms with Gasteiger partial charge in [0.1, 0.15) is 0 Å². The fourth-order valence-corrected chi connectivity index (χ4v) is 4.80. The molecule has 0 aliphatic heterocycles. The predicted molar refractivity (Wildman–Crippen MR) is 130 cm³/mol. The van der Waals surface area contributed by atoms with Gasteiger partial charge in [-0.05, 0) is 35.6 Å². The van der Waals surface area contributed by atoms with E-state index < -0.39 is 0 Å². The number of rotatable bonds is 8. The van der Waals surface area contributed by atoms with Gasteiger partial charge in [0.2, 0.25) is 0 Å². The average molecular weight is 432 g/mol. The molecule has 0 spiro atoms. The Hall–Kier alpha value is -2.76. The van der Waals surface area contributed by atoms with Crippen LogP contribution < -0.4 is 5.56 Å². The lowest BCUT2D eigenvalue weighted by Crippen LogP contribution is -2.26.